The molecule has 2 atom stereocenters. The highest BCUT2D eigenvalue weighted by molar-refractivity contribution is 5.85. The van der Waals surface area contributed by atoms with E-state index >= 15 is 0 Å². The lowest BCUT2D eigenvalue weighted by atomic mass is 10.2. The van der Waals surface area contributed by atoms with Gasteiger partial charge in [0.05, 0.1) is 13.2 Å². The number of tetrazole rings is 1. The van der Waals surface area contributed by atoms with Crippen molar-refractivity contribution in [3.8, 4) is 11.4 Å². The Morgan fingerprint density at radius 2 is 2.12 bits per heavy atom. The molecule has 9 nitrogen and oxygen atoms in total. The largest absolute Gasteiger partial charge is 0.480 e. The lowest BCUT2D eigenvalue weighted by Gasteiger charge is -2.16. The molecule has 25 heavy (non-hydrogen) atoms. The molecule has 0 fully saturated rings. The van der Waals surface area contributed by atoms with E-state index in [0.29, 0.717) is 5.82 Å². The van der Waals surface area contributed by atoms with Crippen LogP contribution in [0, 0.1) is 0 Å². The van der Waals surface area contributed by atoms with E-state index in [-0.39, 0.29) is 13.2 Å². The number of carbonyl (C=O) groups is 2. The van der Waals surface area contributed by atoms with Crippen LogP contribution in [-0.2, 0) is 14.3 Å². The van der Waals surface area contributed by atoms with Gasteiger partial charge in [0.15, 0.2) is 6.04 Å². The molecular formula is C16H19N5O4. The molecule has 1 amide bonds. The van der Waals surface area contributed by atoms with Crippen LogP contribution in [0.4, 0.5) is 0 Å². The van der Waals surface area contributed by atoms with Gasteiger partial charge in [-0.2, -0.15) is 4.80 Å². The Kier molecular flexibility index (Phi) is 6.35. The van der Waals surface area contributed by atoms with Gasteiger partial charge in [-0.3, -0.25) is 4.79 Å². The SMILES string of the molecule is C=CCOCC(NC(=O)C(C)n1nnc(-c2ccccc2)n1)C(=O)O. The van der Waals surface area contributed by atoms with Crippen molar-refractivity contribution >= 4 is 11.9 Å². The van der Waals surface area contributed by atoms with Crippen molar-refractivity contribution in [3.05, 3.63) is 43.0 Å². The summed E-state index contributed by atoms with van der Waals surface area (Å²) in [5.74, 6) is -1.36. The highest BCUT2D eigenvalue weighted by Gasteiger charge is 2.25. The standard InChI is InChI=1S/C16H19N5O4/c1-3-9-25-10-13(16(23)24)17-15(22)11(2)21-19-14(18-20-21)12-7-5-4-6-8-12/h3-8,11,13H,1,9-10H2,2H3,(H,17,22)(H,23,24). The van der Waals surface area contributed by atoms with E-state index in [0.717, 1.165) is 10.4 Å². The number of nitrogens with one attached hydrogen (secondary N) is 1. The molecule has 0 saturated carbocycles. The molecule has 0 aliphatic rings. The molecule has 2 N–H and O–H groups in total. The van der Waals surface area contributed by atoms with E-state index in [2.05, 4.69) is 27.3 Å². The van der Waals surface area contributed by atoms with Crippen molar-refractivity contribution in [3.63, 3.8) is 0 Å². The first kappa shape index (κ1) is 18.3. The topological polar surface area (TPSA) is 119 Å². The smallest absolute Gasteiger partial charge is 0.328 e. The van der Waals surface area contributed by atoms with Gasteiger partial charge in [-0.25, -0.2) is 4.79 Å². The molecule has 0 spiro atoms. The van der Waals surface area contributed by atoms with E-state index < -0.39 is 24.0 Å². The second-order valence-electron chi connectivity index (χ2n) is 5.20. The summed E-state index contributed by atoms with van der Waals surface area (Å²) in [5, 5.41) is 23.5. The minimum absolute atomic E-state index is 0.167. The number of rotatable bonds is 9. The first-order chi connectivity index (χ1) is 12.0. The average Bonchev–Trinajstić information content (AvgIpc) is 3.11. The lowest BCUT2D eigenvalue weighted by Crippen LogP contribution is -2.46. The maximum absolute atomic E-state index is 12.3. The molecule has 0 saturated heterocycles. The van der Waals surface area contributed by atoms with Gasteiger partial charge < -0.3 is 15.2 Å². The summed E-state index contributed by atoms with van der Waals surface area (Å²) in [4.78, 5) is 24.6. The van der Waals surface area contributed by atoms with Gasteiger partial charge >= 0.3 is 5.97 Å². The Balaban J connectivity index is 2.02. The van der Waals surface area contributed by atoms with Gasteiger partial charge in [-0.1, -0.05) is 36.4 Å². The number of aromatic nitrogens is 4. The molecule has 2 aromatic rings. The number of benzene rings is 1. The van der Waals surface area contributed by atoms with Crippen molar-refractivity contribution < 1.29 is 19.4 Å². The number of carboxylic acid groups (broad SMARTS) is 1. The van der Waals surface area contributed by atoms with Crippen molar-refractivity contribution in [2.45, 2.75) is 19.0 Å². The number of ether oxygens (including phenoxy) is 1. The predicted molar refractivity (Wildman–Crippen MR) is 88.5 cm³/mol. The fourth-order valence-electron chi connectivity index (χ4n) is 1.93. The Morgan fingerprint density at radius 3 is 2.76 bits per heavy atom. The van der Waals surface area contributed by atoms with Gasteiger partial charge in [-0.05, 0) is 12.1 Å². The molecule has 0 radical (unpaired) electrons. The van der Waals surface area contributed by atoms with Crippen molar-refractivity contribution in [1.29, 1.82) is 0 Å². The number of hydrogen-bond donors (Lipinski definition) is 2. The Hall–Kier alpha value is -3.07. The number of nitrogens with zero attached hydrogens (tertiary/aromatic N) is 4. The van der Waals surface area contributed by atoms with Crippen LogP contribution in [0.3, 0.4) is 0 Å². The monoisotopic (exact) mass is 345 g/mol. The zero-order valence-corrected chi connectivity index (χ0v) is 13.7. The molecule has 1 heterocycles. The fourth-order valence-corrected chi connectivity index (χ4v) is 1.93. The third kappa shape index (κ3) is 4.95. The van der Waals surface area contributed by atoms with Crippen LogP contribution < -0.4 is 5.32 Å². The van der Waals surface area contributed by atoms with Gasteiger partial charge in [0, 0.05) is 5.56 Å². The van der Waals surface area contributed by atoms with E-state index in [1.807, 2.05) is 30.3 Å². The maximum Gasteiger partial charge on any atom is 0.328 e. The second-order valence-corrected chi connectivity index (χ2v) is 5.20. The molecule has 132 valence electrons. The van der Waals surface area contributed by atoms with Crippen LogP contribution in [0.5, 0.6) is 0 Å². The summed E-state index contributed by atoms with van der Waals surface area (Å²) in [5.41, 5.74) is 0.766. The Labute approximate surface area is 144 Å². The summed E-state index contributed by atoms with van der Waals surface area (Å²) in [6.45, 7) is 5.05. The van der Waals surface area contributed by atoms with Crippen LogP contribution in [0.2, 0.25) is 0 Å². The van der Waals surface area contributed by atoms with Crippen LogP contribution in [0.15, 0.2) is 43.0 Å². The number of amides is 1. The minimum atomic E-state index is -1.19. The second kappa shape index (κ2) is 8.69. The first-order valence-corrected chi connectivity index (χ1v) is 7.59. The molecule has 9 heteroatoms. The highest BCUT2D eigenvalue weighted by atomic mass is 16.5. The highest BCUT2D eigenvalue weighted by Crippen LogP contribution is 2.13. The third-order valence-electron chi connectivity index (χ3n) is 3.32. The minimum Gasteiger partial charge on any atom is -0.480 e. The fraction of sp³-hybridized carbons (Fsp3) is 0.312. The summed E-state index contributed by atoms with van der Waals surface area (Å²) < 4.78 is 5.09. The predicted octanol–water partition coefficient (Wildman–Crippen LogP) is 0.673. The molecular weight excluding hydrogens is 326 g/mol. The molecule has 2 unspecified atom stereocenters. The zero-order valence-electron chi connectivity index (χ0n) is 13.7. The maximum atomic E-state index is 12.3. The van der Waals surface area contributed by atoms with Gasteiger partial charge in [0.2, 0.25) is 11.7 Å². The molecule has 2 rings (SSSR count). The van der Waals surface area contributed by atoms with Gasteiger partial charge in [-0.15, -0.1) is 16.8 Å². The summed E-state index contributed by atoms with van der Waals surface area (Å²) in [7, 11) is 0. The van der Waals surface area contributed by atoms with E-state index in [9.17, 15) is 9.59 Å². The summed E-state index contributed by atoms with van der Waals surface area (Å²) >= 11 is 0. The molecule has 0 aliphatic carbocycles. The summed E-state index contributed by atoms with van der Waals surface area (Å²) in [6.07, 6.45) is 1.49. The molecule has 1 aromatic heterocycles. The first-order valence-electron chi connectivity index (χ1n) is 7.59. The summed E-state index contributed by atoms with van der Waals surface area (Å²) in [6, 6.07) is 7.19. The number of hydrogen-bond acceptors (Lipinski definition) is 6. The molecule has 0 bridgehead atoms. The number of carboxylic acids is 1. The average molecular weight is 345 g/mol. The Morgan fingerprint density at radius 1 is 1.40 bits per heavy atom. The van der Waals surface area contributed by atoms with Crippen LogP contribution in [0.25, 0.3) is 11.4 Å². The van der Waals surface area contributed by atoms with Crippen LogP contribution in [0.1, 0.15) is 13.0 Å². The zero-order chi connectivity index (χ0) is 18.2. The van der Waals surface area contributed by atoms with Crippen LogP contribution >= 0.6 is 0 Å². The third-order valence-corrected chi connectivity index (χ3v) is 3.32. The number of aliphatic carboxylic acids is 1. The van der Waals surface area contributed by atoms with E-state index in [4.69, 9.17) is 9.84 Å². The van der Waals surface area contributed by atoms with Gasteiger partial charge in [0.1, 0.15) is 6.04 Å². The normalized spacial score (nSPS) is 13.0. The number of carbonyl (C=O) groups excluding carboxylic acids is 1. The van der Waals surface area contributed by atoms with Crippen molar-refractivity contribution in [2.75, 3.05) is 13.2 Å². The quantitative estimate of drug-likeness (QED) is 0.506. The lowest BCUT2D eigenvalue weighted by molar-refractivity contribution is -0.144. The van der Waals surface area contributed by atoms with Crippen LogP contribution in [-0.4, -0.2) is 56.4 Å². The molecule has 0 aliphatic heterocycles. The molecule has 1 aromatic carbocycles. The van der Waals surface area contributed by atoms with Crippen molar-refractivity contribution in [1.82, 2.24) is 25.5 Å². The van der Waals surface area contributed by atoms with E-state index in [1.165, 1.54) is 6.08 Å². The van der Waals surface area contributed by atoms with Gasteiger partial charge in [0.25, 0.3) is 0 Å². The Bertz CT molecular complexity index is 731. The van der Waals surface area contributed by atoms with E-state index in [1.54, 1.807) is 6.92 Å². The van der Waals surface area contributed by atoms with Crippen molar-refractivity contribution in [2.24, 2.45) is 0 Å².